The molecular weight excluding hydrogens is 658 g/mol. The van der Waals surface area contributed by atoms with E-state index >= 15 is 0 Å². The van der Waals surface area contributed by atoms with Gasteiger partial charge in [-0.05, 0) is 60.0 Å². The van der Waals surface area contributed by atoms with Crippen molar-refractivity contribution >= 4 is 45.2 Å². The van der Waals surface area contributed by atoms with Crippen molar-refractivity contribution in [3.63, 3.8) is 0 Å². The summed E-state index contributed by atoms with van der Waals surface area (Å²) < 4.78 is 38.6. The lowest BCUT2D eigenvalue weighted by Crippen LogP contribution is -2.17. The molecule has 0 aliphatic heterocycles. The topological polar surface area (TPSA) is 108 Å². The number of amides is 1. The number of esters is 2. The van der Waals surface area contributed by atoms with Gasteiger partial charge in [-0.1, -0.05) is 82.7 Å². The average molecular weight is 688 g/mol. The van der Waals surface area contributed by atoms with E-state index in [9.17, 15) is 23.2 Å². The molecule has 3 N–H and O–H groups in total. The first-order valence-electron chi connectivity index (χ1n) is 13.8. The van der Waals surface area contributed by atoms with Crippen LogP contribution in [0.25, 0.3) is 22.3 Å². The zero-order valence-corrected chi connectivity index (χ0v) is 26.7. The largest absolute Gasteiger partial charge is 0.465 e. The summed E-state index contributed by atoms with van der Waals surface area (Å²) in [4.78, 5) is 36.3. The minimum atomic E-state index is -0.736. The smallest absolute Gasteiger partial charge is 0.340 e. The maximum Gasteiger partial charge on any atom is 0.340 e. The van der Waals surface area contributed by atoms with Crippen LogP contribution in [-0.2, 0) is 9.47 Å². The van der Waals surface area contributed by atoms with Crippen LogP contribution in [0.3, 0.4) is 0 Å². The van der Waals surface area contributed by atoms with E-state index in [2.05, 4.69) is 26.0 Å². The number of nitrogens with one attached hydrogen (secondary N) is 1. The predicted molar refractivity (Wildman–Crippen MR) is 178 cm³/mol. The summed E-state index contributed by atoms with van der Waals surface area (Å²) in [6, 6.07) is 28.3. The van der Waals surface area contributed by atoms with Gasteiger partial charge in [-0.15, -0.1) is 0 Å². The Kier molecular flexibility index (Phi) is 11.0. The standard InChI is InChI=1S/C22H17BrFNO3.C14H12FNO2/c1-13-8-9-15(23)10-16(13)21(26)25-20-12-17(14-6-4-3-5-7-14)19(24)11-18(20)22(27)28-2;1-18-14(17)11-7-12(15)10(8-13(11)16)9-5-3-2-4-6-9/h3-12H,1-2H3,(H,25,26);2-8H,16H2,1H3. The lowest BCUT2D eigenvalue weighted by molar-refractivity contribution is 0.0592. The van der Waals surface area contributed by atoms with Crippen LogP contribution < -0.4 is 11.1 Å². The first-order valence-corrected chi connectivity index (χ1v) is 14.6. The number of benzene rings is 5. The van der Waals surface area contributed by atoms with E-state index in [1.165, 1.54) is 26.4 Å². The van der Waals surface area contributed by atoms with Crippen LogP contribution in [0, 0.1) is 18.6 Å². The molecule has 0 aliphatic carbocycles. The van der Waals surface area contributed by atoms with Crippen molar-refractivity contribution in [2.24, 2.45) is 0 Å². The lowest BCUT2D eigenvalue weighted by atomic mass is 10.0. The normalized spacial score (nSPS) is 10.3. The monoisotopic (exact) mass is 686 g/mol. The fourth-order valence-electron chi connectivity index (χ4n) is 4.54. The minimum Gasteiger partial charge on any atom is -0.465 e. The third-order valence-corrected chi connectivity index (χ3v) is 7.41. The zero-order chi connectivity index (χ0) is 33.4. The molecular formula is C36H29BrF2N2O5. The summed E-state index contributed by atoms with van der Waals surface area (Å²) in [7, 11) is 2.43. The highest BCUT2D eigenvalue weighted by Crippen LogP contribution is 2.31. The van der Waals surface area contributed by atoms with Crippen LogP contribution in [0.15, 0.2) is 108 Å². The molecule has 0 aromatic heterocycles. The molecule has 46 heavy (non-hydrogen) atoms. The van der Waals surface area contributed by atoms with Crippen LogP contribution in [0.2, 0.25) is 0 Å². The van der Waals surface area contributed by atoms with Crippen LogP contribution in [0.5, 0.6) is 0 Å². The van der Waals surface area contributed by atoms with Crippen LogP contribution in [0.4, 0.5) is 20.2 Å². The number of carbonyl (C=O) groups is 3. The number of carbonyl (C=O) groups excluding carboxylic acids is 3. The second-order valence-corrected chi connectivity index (χ2v) is 10.8. The fourth-order valence-corrected chi connectivity index (χ4v) is 4.90. The van der Waals surface area contributed by atoms with Crippen molar-refractivity contribution < 1.29 is 32.6 Å². The molecule has 0 radical (unpaired) electrons. The van der Waals surface area contributed by atoms with Gasteiger partial charge in [-0.25, -0.2) is 18.4 Å². The quantitative estimate of drug-likeness (QED) is 0.137. The fraction of sp³-hybridized carbons (Fsp3) is 0.0833. The van der Waals surface area contributed by atoms with E-state index in [1.54, 1.807) is 60.7 Å². The van der Waals surface area contributed by atoms with Gasteiger partial charge >= 0.3 is 11.9 Å². The molecule has 0 bridgehead atoms. The summed E-state index contributed by atoms with van der Waals surface area (Å²) in [6.07, 6.45) is 0. The Hall–Kier alpha value is -5.35. The third kappa shape index (κ3) is 7.83. The molecule has 0 atom stereocenters. The molecule has 5 aromatic carbocycles. The van der Waals surface area contributed by atoms with Gasteiger partial charge in [0.15, 0.2) is 0 Å². The number of hydrogen-bond acceptors (Lipinski definition) is 6. The highest BCUT2D eigenvalue weighted by atomic mass is 79.9. The number of hydrogen-bond donors (Lipinski definition) is 2. The van der Waals surface area contributed by atoms with Gasteiger partial charge in [0, 0.05) is 26.9 Å². The predicted octanol–water partition coefficient (Wildman–Crippen LogP) is 8.46. The van der Waals surface area contributed by atoms with Gasteiger partial charge in [0.1, 0.15) is 11.6 Å². The van der Waals surface area contributed by atoms with E-state index in [-0.39, 0.29) is 28.1 Å². The number of nitrogens with two attached hydrogens (primary N) is 1. The van der Waals surface area contributed by atoms with E-state index in [4.69, 9.17) is 10.5 Å². The molecule has 10 heteroatoms. The maximum absolute atomic E-state index is 14.7. The number of rotatable bonds is 6. The van der Waals surface area contributed by atoms with Gasteiger partial charge in [0.25, 0.3) is 5.91 Å². The highest BCUT2D eigenvalue weighted by molar-refractivity contribution is 9.10. The molecule has 1 amide bonds. The summed E-state index contributed by atoms with van der Waals surface area (Å²) in [5.41, 5.74) is 9.27. The van der Waals surface area contributed by atoms with Crippen molar-refractivity contribution in [3.8, 4) is 22.3 Å². The molecule has 7 nitrogen and oxygen atoms in total. The summed E-state index contributed by atoms with van der Waals surface area (Å²) in [6.45, 7) is 1.81. The van der Waals surface area contributed by atoms with E-state index < -0.39 is 29.5 Å². The molecule has 0 heterocycles. The summed E-state index contributed by atoms with van der Waals surface area (Å²) in [5.74, 6) is -2.88. The summed E-state index contributed by atoms with van der Waals surface area (Å²) in [5, 5.41) is 2.72. The number of aryl methyl sites for hydroxylation is 1. The van der Waals surface area contributed by atoms with Gasteiger partial charge in [-0.3, -0.25) is 4.79 Å². The molecule has 5 rings (SSSR count). The average Bonchev–Trinajstić information content (AvgIpc) is 3.07. The molecule has 0 saturated carbocycles. The maximum atomic E-state index is 14.7. The van der Waals surface area contributed by atoms with E-state index in [1.807, 2.05) is 25.1 Å². The first kappa shape index (κ1) is 33.5. The van der Waals surface area contributed by atoms with Gasteiger partial charge in [0.05, 0.1) is 31.0 Å². The van der Waals surface area contributed by atoms with Crippen molar-refractivity contribution in [1.82, 2.24) is 0 Å². The van der Waals surface area contributed by atoms with Crippen LogP contribution >= 0.6 is 15.9 Å². The van der Waals surface area contributed by atoms with Gasteiger partial charge in [-0.2, -0.15) is 0 Å². The Morgan fingerprint density at radius 3 is 1.72 bits per heavy atom. The Morgan fingerprint density at radius 2 is 1.17 bits per heavy atom. The van der Waals surface area contributed by atoms with Crippen molar-refractivity contribution in [2.45, 2.75) is 6.92 Å². The molecule has 0 spiro atoms. The molecule has 0 unspecified atom stereocenters. The Morgan fingerprint density at radius 1 is 0.674 bits per heavy atom. The SMILES string of the molecule is COC(=O)c1cc(F)c(-c2ccccc2)cc1N.COC(=O)c1cc(F)c(-c2ccccc2)cc1NC(=O)c1cc(Br)ccc1C. The number of anilines is 2. The van der Waals surface area contributed by atoms with Gasteiger partial charge in [0.2, 0.25) is 0 Å². The van der Waals surface area contributed by atoms with Crippen molar-refractivity contribution in [3.05, 3.63) is 141 Å². The lowest BCUT2D eigenvalue weighted by Gasteiger charge is -2.14. The number of ether oxygens (including phenoxy) is 2. The first-order chi connectivity index (χ1) is 22.0. The zero-order valence-electron chi connectivity index (χ0n) is 25.1. The molecule has 0 fully saturated rings. The highest BCUT2D eigenvalue weighted by Gasteiger charge is 2.20. The van der Waals surface area contributed by atoms with E-state index in [0.29, 0.717) is 22.3 Å². The molecule has 0 saturated heterocycles. The van der Waals surface area contributed by atoms with Crippen LogP contribution in [-0.4, -0.2) is 32.1 Å². The van der Waals surface area contributed by atoms with Gasteiger partial charge < -0.3 is 20.5 Å². The van der Waals surface area contributed by atoms with Crippen molar-refractivity contribution in [1.29, 1.82) is 0 Å². The van der Waals surface area contributed by atoms with Crippen LogP contribution in [0.1, 0.15) is 36.6 Å². The molecule has 5 aromatic rings. The molecule has 0 aliphatic rings. The number of methoxy groups -OCH3 is 2. The second-order valence-electron chi connectivity index (χ2n) is 9.93. The minimum absolute atomic E-state index is 0.0367. The second kappa shape index (κ2) is 15.1. The Bertz CT molecular complexity index is 1900. The molecule has 234 valence electrons. The number of nitrogen functional groups attached to an aromatic ring is 1. The van der Waals surface area contributed by atoms with E-state index in [0.717, 1.165) is 22.2 Å². The Balaban J connectivity index is 0.000000230. The summed E-state index contributed by atoms with van der Waals surface area (Å²) >= 11 is 3.35. The third-order valence-electron chi connectivity index (χ3n) is 6.92. The van der Waals surface area contributed by atoms with Crippen molar-refractivity contribution in [2.75, 3.05) is 25.3 Å². The number of halogens is 3. The Labute approximate surface area is 273 Å².